The van der Waals surface area contributed by atoms with Crippen LogP contribution in [0.15, 0.2) is 18.2 Å². The van der Waals surface area contributed by atoms with Gasteiger partial charge in [-0.05, 0) is 50.1 Å². The predicted octanol–water partition coefficient (Wildman–Crippen LogP) is 4.09. The molecule has 1 aliphatic rings. The lowest BCUT2D eigenvalue weighted by Gasteiger charge is -2.26. The average molecular weight is 301 g/mol. The first kappa shape index (κ1) is 16.3. The molecule has 0 saturated carbocycles. The first-order chi connectivity index (χ1) is 9.82. The Morgan fingerprint density at radius 2 is 2.10 bits per heavy atom. The van der Waals surface area contributed by atoms with Gasteiger partial charge in [-0.3, -0.25) is 0 Å². The molecule has 5 heteroatoms. The molecule has 2 rings (SSSR count). The van der Waals surface area contributed by atoms with Gasteiger partial charge in [-0.25, -0.2) is 0 Å². The third kappa shape index (κ3) is 3.77. The molecule has 1 N–H and O–H groups in total. The van der Waals surface area contributed by atoms with Crippen LogP contribution in [0.3, 0.4) is 0 Å². The maximum Gasteiger partial charge on any atom is 0.416 e. The van der Waals surface area contributed by atoms with E-state index < -0.39 is 11.7 Å². The molecule has 0 aromatic heterocycles. The molecule has 1 aliphatic heterocycles. The van der Waals surface area contributed by atoms with Crippen LogP contribution >= 0.6 is 0 Å². The standard InChI is InChI=1S/C16H22F3NO/c1-4-20-15(12-8-11(3)21-9-12)14-6-5-13(7-10(14)2)16(17,18)19/h5-7,11-12,15,20H,4,8-9H2,1-3H3. The summed E-state index contributed by atoms with van der Waals surface area (Å²) in [5.41, 5.74) is 1.03. The van der Waals surface area contributed by atoms with Gasteiger partial charge >= 0.3 is 6.18 Å². The Kier molecular flexibility index (Phi) is 4.94. The van der Waals surface area contributed by atoms with Crippen molar-refractivity contribution in [3.8, 4) is 0 Å². The Morgan fingerprint density at radius 3 is 2.57 bits per heavy atom. The maximum atomic E-state index is 12.8. The van der Waals surface area contributed by atoms with Gasteiger partial charge in [0.1, 0.15) is 0 Å². The van der Waals surface area contributed by atoms with Crippen molar-refractivity contribution < 1.29 is 17.9 Å². The van der Waals surface area contributed by atoms with E-state index in [-0.39, 0.29) is 12.1 Å². The fourth-order valence-electron chi connectivity index (χ4n) is 3.03. The highest BCUT2D eigenvalue weighted by Gasteiger charge is 2.33. The highest BCUT2D eigenvalue weighted by Crippen LogP contribution is 2.36. The van der Waals surface area contributed by atoms with Crippen molar-refractivity contribution in [2.45, 2.75) is 45.5 Å². The summed E-state index contributed by atoms with van der Waals surface area (Å²) in [5, 5.41) is 3.40. The molecule has 3 unspecified atom stereocenters. The molecule has 0 aliphatic carbocycles. The number of nitrogens with one attached hydrogen (secondary N) is 1. The van der Waals surface area contributed by atoms with Crippen molar-refractivity contribution in [1.29, 1.82) is 0 Å². The molecule has 118 valence electrons. The quantitative estimate of drug-likeness (QED) is 0.904. The zero-order chi connectivity index (χ0) is 15.6. The van der Waals surface area contributed by atoms with Gasteiger partial charge in [0.2, 0.25) is 0 Å². The van der Waals surface area contributed by atoms with Crippen LogP contribution in [0.25, 0.3) is 0 Å². The smallest absolute Gasteiger partial charge is 0.378 e. The summed E-state index contributed by atoms with van der Waals surface area (Å²) in [6.45, 7) is 7.21. The fraction of sp³-hybridized carbons (Fsp3) is 0.625. The normalized spacial score (nSPS) is 24.3. The number of rotatable bonds is 4. The van der Waals surface area contributed by atoms with Gasteiger partial charge in [0.25, 0.3) is 0 Å². The second-order valence-electron chi connectivity index (χ2n) is 5.74. The van der Waals surface area contributed by atoms with Crippen molar-refractivity contribution in [2.75, 3.05) is 13.2 Å². The van der Waals surface area contributed by atoms with E-state index in [2.05, 4.69) is 5.32 Å². The van der Waals surface area contributed by atoms with Gasteiger partial charge in [-0.15, -0.1) is 0 Å². The van der Waals surface area contributed by atoms with Crippen molar-refractivity contribution in [1.82, 2.24) is 5.32 Å². The fourth-order valence-corrected chi connectivity index (χ4v) is 3.03. The zero-order valence-electron chi connectivity index (χ0n) is 12.6. The van der Waals surface area contributed by atoms with Crippen molar-refractivity contribution in [2.24, 2.45) is 5.92 Å². The number of ether oxygens (including phenoxy) is 1. The second kappa shape index (κ2) is 6.36. The van der Waals surface area contributed by atoms with E-state index in [1.807, 2.05) is 13.8 Å². The topological polar surface area (TPSA) is 21.3 Å². The van der Waals surface area contributed by atoms with Crippen LogP contribution in [0, 0.1) is 12.8 Å². The third-order valence-corrected chi connectivity index (χ3v) is 4.06. The lowest BCUT2D eigenvalue weighted by Crippen LogP contribution is -2.29. The van der Waals surface area contributed by atoms with Crippen LogP contribution in [0.5, 0.6) is 0 Å². The van der Waals surface area contributed by atoms with Crippen LogP contribution in [-0.4, -0.2) is 19.3 Å². The second-order valence-corrected chi connectivity index (χ2v) is 5.74. The number of hydrogen-bond acceptors (Lipinski definition) is 2. The van der Waals surface area contributed by atoms with Crippen molar-refractivity contribution in [3.05, 3.63) is 34.9 Å². The molecule has 2 nitrogen and oxygen atoms in total. The molecule has 1 saturated heterocycles. The summed E-state index contributed by atoms with van der Waals surface area (Å²) >= 11 is 0. The Morgan fingerprint density at radius 1 is 1.38 bits per heavy atom. The van der Waals surface area contributed by atoms with E-state index in [9.17, 15) is 13.2 Å². The summed E-state index contributed by atoms with van der Waals surface area (Å²) in [6, 6.07) is 4.06. The third-order valence-electron chi connectivity index (χ3n) is 4.06. The number of aryl methyl sites for hydroxylation is 1. The zero-order valence-corrected chi connectivity index (χ0v) is 12.6. The van der Waals surface area contributed by atoms with E-state index in [4.69, 9.17) is 4.74 Å². The maximum absolute atomic E-state index is 12.8. The van der Waals surface area contributed by atoms with Crippen LogP contribution in [0.1, 0.15) is 43.0 Å². The van der Waals surface area contributed by atoms with Crippen molar-refractivity contribution >= 4 is 0 Å². The first-order valence-electron chi connectivity index (χ1n) is 7.35. The largest absolute Gasteiger partial charge is 0.416 e. The van der Waals surface area contributed by atoms with E-state index in [0.717, 1.165) is 18.5 Å². The van der Waals surface area contributed by atoms with Gasteiger partial charge in [0.05, 0.1) is 18.3 Å². The molecule has 0 spiro atoms. The number of hydrogen-bond donors (Lipinski definition) is 1. The van der Waals surface area contributed by atoms with E-state index in [1.54, 1.807) is 13.0 Å². The molecule has 21 heavy (non-hydrogen) atoms. The van der Waals surface area contributed by atoms with E-state index >= 15 is 0 Å². The van der Waals surface area contributed by atoms with Crippen molar-refractivity contribution in [3.63, 3.8) is 0 Å². The number of alkyl halides is 3. The van der Waals surface area contributed by atoms with E-state index in [1.165, 1.54) is 12.1 Å². The monoisotopic (exact) mass is 301 g/mol. The minimum Gasteiger partial charge on any atom is -0.378 e. The molecule has 0 bridgehead atoms. The van der Waals surface area contributed by atoms with Gasteiger partial charge in [-0.2, -0.15) is 13.2 Å². The molecular formula is C16H22F3NO. The Labute approximate surface area is 123 Å². The van der Waals surface area contributed by atoms with Gasteiger partial charge in [0.15, 0.2) is 0 Å². The molecule has 1 aromatic rings. The van der Waals surface area contributed by atoms with Gasteiger partial charge in [0, 0.05) is 12.0 Å². The molecule has 1 heterocycles. The number of benzene rings is 1. The molecule has 3 atom stereocenters. The molecular weight excluding hydrogens is 279 g/mol. The lowest BCUT2D eigenvalue weighted by molar-refractivity contribution is -0.137. The Hall–Kier alpha value is -1.07. The van der Waals surface area contributed by atoms with E-state index in [0.29, 0.717) is 18.1 Å². The van der Waals surface area contributed by atoms with Gasteiger partial charge in [-0.1, -0.05) is 13.0 Å². The summed E-state index contributed by atoms with van der Waals surface area (Å²) < 4.78 is 43.9. The first-order valence-corrected chi connectivity index (χ1v) is 7.35. The van der Waals surface area contributed by atoms with Gasteiger partial charge < -0.3 is 10.1 Å². The van der Waals surface area contributed by atoms with Crippen LogP contribution in [0.2, 0.25) is 0 Å². The lowest BCUT2D eigenvalue weighted by atomic mass is 9.88. The summed E-state index contributed by atoms with van der Waals surface area (Å²) in [4.78, 5) is 0. The average Bonchev–Trinajstić information content (AvgIpc) is 2.82. The highest BCUT2D eigenvalue weighted by atomic mass is 19.4. The Bertz CT molecular complexity index is 487. The highest BCUT2D eigenvalue weighted by molar-refractivity contribution is 5.35. The minimum absolute atomic E-state index is 0.0437. The summed E-state index contributed by atoms with van der Waals surface area (Å²) in [6.07, 6.45) is -3.15. The summed E-state index contributed by atoms with van der Waals surface area (Å²) in [5.74, 6) is 0.301. The summed E-state index contributed by atoms with van der Waals surface area (Å²) in [7, 11) is 0. The molecule has 0 amide bonds. The van der Waals surface area contributed by atoms with Crippen LogP contribution in [0.4, 0.5) is 13.2 Å². The molecule has 0 radical (unpaired) electrons. The number of halogens is 3. The van der Waals surface area contributed by atoms with Crippen LogP contribution in [-0.2, 0) is 10.9 Å². The Balaban J connectivity index is 2.28. The van der Waals surface area contributed by atoms with Crippen LogP contribution < -0.4 is 5.32 Å². The molecule has 1 fully saturated rings. The predicted molar refractivity (Wildman–Crippen MR) is 76.1 cm³/mol. The minimum atomic E-state index is -4.29. The SMILES string of the molecule is CCNC(c1ccc(C(F)(F)F)cc1C)C1COC(C)C1. The molecule has 1 aromatic carbocycles.